The molecule has 46 heavy (non-hydrogen) atoms. The minimum Gasteiger partial charge on any atom is -0.366 e. The van der Waals surface area contributed by atoms with E-state index in [4.69, 9.17) is 4.74 Å². The van der Waals surface area contributed by atoms with Gasteiger partial charge in [-0.1, -0.05) is 116 Å². The third-order valence-electron chi connectivity index (χ3n) is 7.42. The summed E-state index contributed by atoms with van der Waals surface area (Å²) < 4.78 is 20.1. The highest BCUT2D eigenvalue weighted by Crippen LogP contribution is 2.28. The van der Waals surface area contributed by atoms with E-state index in [0.717, 1.165) is 11.1 Å². The van der Waals surface area contributed by atoms with Crippen LogP contribution in [0.3, 0.4) is 0 Å². The van der Waals surface area contributed by atoms with Gasteiger partial charge in [-0.3, -0.25) is 0 Å². The summed E-state index contributed by atoms with van der Waals surface area (Å²) in [4.78, 5) is 17.6. The van der Waals surface area contributed by atoms with Crippen molar-refractivity contribution in [2.24, 2.45) is 0 Å². The molecule has 0 bridgehead atoms. The molecule has 5 rings (SSSR count). The van der Waals surface area contributed by atoms with E-state index in [9.17, 15) is 19.6 Å². The number of hydrogen-bond acceptors (Lipinski definition) is 4. The average molecular weight is 624 g/mol. The summed E-state index contributed by atoms with van der Waals surface area (Å²) in [7, 11) is 0. The van der Waals surface area contributed by atoms with Crippen molar-refractivity contribution >= 4 is 6.03 Å². The summed E-state index contributed by atoms with van der Waals surface area (Å²) in [6.45, 7) is 10.3. The van der Waals surface area contributed by atoms with Crippen molar-refractivity contribution in [3.63, 3.8) is 0 Å². The monoisotopic (exact) mass is 623 g/mol. The molecule has 242 valence electrons. The van der Waals surface area contributed by atoms with E-state index < -0.39 is 17.7 Å². The normalized spacial score (nSPS) is 16.3. The number of aliphatic hydroxyl groups is 1. The SMILES string of the molecule is CC.CC(C)(O)OC1CCN(Cc2ccc(F)c(C#N)c2)C(=O)N(Cc2ccccc2)C1Cc1ccccc1.Cc1ccccc1. The van der Waals surface area contributed by atoms with Gasteiger partial charge in [0.25, 0.3) is 0 Å². The summed E-state index contributed by atoms with van der Waals surface area (Å²) in [5, 5.41) is 19.8. The summed E-state index contributed by atoms with van der Waals surface area (Å²) in [5.41, 5.74) is 3.99. The van der Waals surface area contributed by atoms with Crippen LogP contribution in [0.4, 0.5) is 9.18 Å². The van der Waals surface area contributed by atoms with Crippen LogP contribution in [-0.4, -0.2) is 45.4 Å². The van der Waals surface area contributed by atoms with Crippen LogP contribution < -0.4 is 0 Å². The Bertz CT molecular complexity index is 1520. The number of carbonyl (C=O) groups excluding carboxylic acids is 1. The van der Waals surface area contributed by atoms with Gasteiger partial charge in [-0.2, -0.15) is 5.26 Å². The number of benzene rings is 4. The molecule has 4 aromatic carbocycles. The minimum atomic E-state index is -1.38. The Hall–Kier alpha value is -4.51. The molecule has 7 heteroatoms. The maximum absolute atomic E-state index is 14.1. The molecule has 2 amide bonds. The van der Waals surface area contributed by atoms with Crippen LogP contribution >= 0.6 is 0 Å². The number of ether oxygens (including phenoxy) is 1. The van der Waals surface area contributed by atoms with Gasteiger partial charge in [0.05, 0.1) is 17.7 Å². The maximum atomic E-state index is 14.1. The minimum absolute atomic E-state index is 0.0499. The number of hydrogen-bond donors (Lipinski definition) is 1. The van der Waals surface area contributed by atoms with E-state index in [0.29, 0.717) is 31.5 Å². The summed E-state index contributed by atoms with van der Waals surface area (Å²) >= 11 is 0. The largest absolute Gasteiger partial charge is 0.366 e. The number of nitrogens with zero attached hydrogens (tertiary/aromatic N) is 3. The van der Waals surface area contributed by atoms with E-state index in [-0.39, 0.29) is 24.2 Å². The standard InChI is InChI=1S/C30H32FN3O3.C7H8.C2H6/c1-30(2,36)37-28-15-16-33(20-24-13-14-26(31)25(17-24)19-32)29(35)34(21-23-11-7-4-8-12-23)27(28)18-22-9-5-3-6-10-22;1-7-5-3-2-4-6-7;1-2/h3-14,17,27-28,36H,15-16,18,20-21H2,1-2H3;2-6H,1H3;1-2H3. The molecule has 1 aliphatic rings. The van der Waals surface area contributed by atoms with Gasteiger partial charge in [0, 0.05) is 19.6 Å². The molecule has 1 heterocycles. The first-order valence-electron chi connectivity index (χ1n) is 15.9. The topological polar surface area (TPSA) is 76.8 Å². The highest BCUT2D eigenvalue weighted by Gasteiger charge is 2.39. The first-order valence-corrected chi connectivity index (χ1v) is 15.9. The summed E-state index contributed by atoms with van der Waals surface area (Å²) in [6.07, 6.45) is 0.634. The number of carbonyl (C=O) groups is 1. The summed E-state index contributed by atoms with van der Waals surface area (Å²) in [5.74, 6) is -1.96. The van der Waals surface area contributed by atoms with Gasteiger partial charge < -0.3 is 19.6 Å². The molecule has 0 aliphatic carbocycles. The molecular formula is C39H46FN3O3. The quantitative estimate of drug-likeness (QED) is 0.201. The second-order valence-electron chi connectivity index (χ2n) is 11.5. The fraction of sp³-hybridized carbons (Fsp3) is 0.333. The molecule has 6 nitrogen and oxygen atoms in total. The van der Waals surface area contributed by atoms with Gasteiger partial charge in [0.2, 0.25) is 0 Å². The van der Waals surface area contributed by atoms with Crippen molar-refractivity contribution in [1.29, 1.82) is 5.26 Å². The van der Waals surface area contributed by atoms with Crippen LogP contribution in [0.1, 0.15) is 61.9 Å². The second kappa shape index (κ2) is 17.8. The first kappa shape index (κ1) is 36.0. The van der Waals surface area contributed by atoms with Crippen molar-refractivity contribution in [2.75, 3.05) is 6.54 Å². The van der Waals surface area contributed by atoms with Gasteiger partial charge >= 0.3 is 6.03 Å². The Morgan fingerprint density at radius 3 is 1.96 bits per heavy atom. The summed E-state index contributed by atoms with van der Waals surface area (Å²) in [6, 6.07) is 35.7. The number of aryl methyl sites for hydroxylation is 1. The van der Waals surface area contributed by atoms with E-state index in [1.54, 1.807) is 24.8 Å². The Balaban J connectivity index is 0.000000558. The molecule has 0 radical (unpaired) electrons. The molecule has 0 saturated carbocycles. The average Bonchev–Trinajstić information content (AvgIpc) is 3.16. The molecule has 1 N–H and O–H groups in total. The Morgan fingerprint density at radius 2 is 1.43 bits per heavy atom. The lowest BCUT2D eigenvalue weighted by Crippen LogP contribution is -2.51. The molecule has 4 aromatic rings. The van der Waals surface area contributed by atoms with Gasteiger partial charge in [-0.25, -0.2) is 9.18 Å². The number of rotatable bonds is 8. The van der Waals surface area contributed by atoms with Gasteiger partial charge in [0.15, 0.2) is 5.79 Å². The number of amides is 2. The molecule has 0 aromatic heterocycles. The van der Waals surface area contributed by atoms with Crippen molar-refractivity contribution in [1.82, 2.24) is 9.80 Å². The fourth-order valence-electron chi connectivity index (χ4n) is 5.32. The van der Waals surface area contributed by atoms with Crippen molar-refractivity contribution in [2.45, 2.75) is 78.5 Å². The van der Waals surface area contributed by atoms with E-state index in [2.05, 4.69) is 19.1 Å². The van der Waals surface area contributed by atoms with Crippen LogP contribution in [0.2, 0.25) is 0 Å². The third-order valence-corrected chi connectivity index (χ3v) is 7.42. The zero-order valence-corrected chi connectivity index (χ0v) is 27.6. The van der Waals surface area contributed by atoms with E-state index >= 15 is 0 Å². The lowest BCUT2D eigenvalue weighted by molar-refractivity contribution is -0.216. The van der Waals surface area contributed by atoms with Crippen molar-refractivity contribution in [3.05, 3.63) is 143 Å². The van der Waals surface area contributed by atoms with Gasteiger partial charge in [0.1, 0.15) is 11.9 Å². The maximum Gasteiger partial charge on any atom is 0.320 e. The Kier molecular flexibility index (Phi) is 13.9. The highest BCUT2D eigenvalue weighted by atomic mass is 19.1. The predicted molar refractivity (Wildman–Crippen MR) is 181 cm³/mol. The van der Waals surface area contributed by atoms with Crippen LogP contribution in [0.15, 0.2) is 109 Å². The van der Waals surface area contributed by atoms with Crippen molar-refractivity contribution in [3.8, 4) is 6.07 Å². The smallest absolute Gasteiger partial charge is 0.320 e. The molecule has 0 spiro atoms. The van der Waals surface area contributed by atoms with E-state index in [1.165, 1.54) is 17.7 Å². The van der Waals surface area contributed by atoms with Crippen LogP contribution in [0.5, 0.6) is 0 Å². The lowest BCUT2D eigenvalue weighted by Gasteiger charge is -2.38. The molecule has 1 saturated heterocycles. The predicted octanol–water partition coefficient (Wildman–Crippen LogP) is 8.27. The van der Waals surface area contributed by atoms with Crippen LogP contribution in [0.25, 0.3) is 0 Å². The van der Waals surface area contributed by atoms with Crippen LogP contribution in [0, 0.1) is 24.1 Å². The van der Waals surface area contributed by atoms with E-state index in [1.807, 2.05) is 104 Å². The highest BCUT2D eigenvalue weighted by molar-refractivity contribution is 5.75. The number of nitriles is 1. The zero-order valence-electron chi connectivity index (χ0n) is 27.6. The number of halogens is 1. The van der Waals surface area contributed by atoms with Crippen LogP contribution in [-0.2, 0) is 24.2 Å². The zero-order chi connectivity index (χ0) is 33.5. The van der Waals surface area contributed by atoms with Gasteiger partial charge in [-0.05, 0) is 62.4 Å². The fourth-order valence-corrected chi connectivity index (χ4v) is 5.32. The molecule has 2 unspecified atom stereocenters. The number of urea groups is 1. The molecular weight excluding hydrogens is 577 g/mol. The van der Waals surface area contributed by atoms with Gasteiger partial charge in [-0.15, -0.1) is 0 Å². The molecule has 1 aliphatic heterocycles. The first-order chi connectivity index (χ1) is 22.1. The molecule has 2 atom stereocenters. The third kappa shape index (κ3) is 11.1. The van der Waals surface area contributed by atoms with Crippen molar-refractivity contribution < 1.29 is 19.0 Å². The molecule has 1 fully saturated rings. The lowest BCUT2D eigenvalue weighted by atomic mass is 9.97. The second-order valence-corrected chi connectivity index (χ2v) is 11.5. The Morgan fingerprint density at radius 1 is 0.870 bits per heavy atom. The Labute approximate surface area is 273 Å².